The van der Waals surface area contributed by atoms with Crippen LogP contribution in [0.3, 0.4) is 0 Å². The summed E-state index contributed by atoms with van der Waals surface area (Å²) in [5.41, 5.74) is 0. The molecule has 0 fully saturated rings. The van der Waals surface area contributed by atoms with Crippen LogP contribution in [-0.4, -0.2) is 96.7 Å². The molecule has 0 aliphatic rings. The highest BCUT2D eigenvalue weighted by Crippen LogP contribution is 2.45. The second kappa shape index (κ2) is 61.6. The van der Waals surface area contributed by atoms with Crippen LogP contribution < -0.4 is 0 Å². The Hall–Kier alpha value is -1.94. The monoisotopic (exact) mass is 1340 g/mol. The Morgan fingerprint density at radius 1 is 0.308 bits per heavy atom. The van der Waals surface area contributed by atoms with E-state index in [4.69, 9.17) is 37.0 Å². The van der Waals surface area contributed by atoms with Gasteiger partial charge in [-0.1, -0.05) is 306 Å². The number of phosphoric acid groups is 2. The SMILES string of the molecule is CCC(C)CCCCCCCCCCC(=O)O[C@H](COC(=O)CCCCCCCCCCCCCCC(C)C)COP(=O)(O)OC[C@@H](O)COP(=O)(O)OC[C@@H](COC(=O)CCCCCCCCC(C)CC)OC(=O)CCCCCCCCCCCCCC(C)C. The van der Waals surface area contributed by atoms with Crippen molar-refractivity contribution in [2.75, 3.05) is 39.6 Å². The van der Waals surface area contributed by atoms with Gasteiger partial charge in [0.05, 0.1) is 26.4 Å². The average Bonchev–Trinajstić information content (AvgIpc) is 3.63. The molecule has 0 aromatic rings. The Balaban J connectivity index is 5.26. The standard InChI is InChI=1S/C72H140O17P2/c1-9-64(7)50-42-34-26-22-23-29-39-47-55-72(77)89-67(58-82-69(74)52-44-36-27-20-16-12-11-14-18-24-32-40-48-62(3)4)60-86-90(78,79)84-56-66(73)57-85-91(80,81)87-61-68(59-83-70(75)53-45-37-31-30-35-43-51-65(8)10-2)88-71(76)54-46-38-28-21-17-13-15-19-25-33-41-49-63(5)6/h62-68,73H,9-61H2,1-8H3,(H,78,79)(H,80,81)/t64?,65?,66-,67-,68-/m1/s1. The molecule has 0 aromatic heterocycles. The molecule has 0 rings (SSSR count). The van der Waals surface area contributed by atoms with E-state index in [1.165, 1.54) is 154 Å². The third kappa shape index (κ3) is 63.9. The maximum atomic E-state index is 13.0. The normalized spacial score (nSPS) is 14.8. The lowest BCUT2D eigenvalue weighted by Gasteiger charge is -2.21. The number of aliphatic hydroxyl groups is 1. The highest BCUT2D eigenvalue weighted by atomic mass is 31.2. The van der Waals surface area contributed by atoms with Crippen molar-refractivity contribution in [3.8, 4) is 0 Å². The lowest BCUT2D eigenvalue weighted by Crippen LogP contribution is -2.30. The smallest absolute Gasteiger partial charge is 0.462 e. The summed E-state index contributed by atoms with van der Waals surface area (Å²) in [6.07, 6.45) is 44.4. The van der Waals surface area contributed by atoms with Crippen molar-refractivity contribution in [1.29, 1.82) is 0 Å². The first-order valence-electron chi connectivity index (χ1n) is 37.3. The summed E-state index contributed by atoms with van der Waals surface area (Å²) in [6.45, 7) is 14.1. The van der Waals surface area contributed by atoms with Gasteiger partial charge >= 0.3 is 39.5 Å². The second-order valence-corrected chi connectivity index (χ2v) is 30.3. The number of carbonyl (C=O) groups is 4. The van der Waals surface area contributed by atoms with Gasteiger partial charge in [-0.25, -0.2) is 9.13 Å². The summed E-state index contributed by atoms with van der Waals surface area (Å²) < 4.78 is 68.4. The molecule has 0 saturated heterocycles. The number of aliphatic hydroxyl groups excluding tert-OH is 1. The van der Waals surface area contributed by atoms with E-state index in [0.29, 0.717) is 25.7 Å². The molecule has 0 radical (unpaired) electrons. The van der Waals surface area contributed by atoms with Crippen LogP contribution in [0.15, 0.2) is 0 Å². The largest absolute Gasteiger partial charge is 0.472 e. The highest BCUT2D eigenvalue weighted by molar-refractivity contribution is 7.47. The number of hydrogen-bond donors (Lipinski definition) is 3. The van der Waals surface area contributed by atoms with Crippen LogP contribution in [0.4, 0.5) is 0 Å². The third-order valence-electron chi connectivity index (χ3n) is 17.3. The van der Waals surface area contributed by atoms with Crippen LogP contribution in [0.25, 0.3) is 0 Å². The van der Waals surface area contributed by atoms with E-state index in [1.807, 2.05) is 0 Å². The van der Waals surface area contributed by atoms with Crippen LogP contribution in [-0.2, 0) is 65.4 Å². The molecule has 0 aromatic carbocycles. The molecular weight excluding hydrogens is 1200 g/mol. The lowest BCUT2D eigenvalue weighted by atomic mass is 9.99. The number of unbranched alkanes of at least 4 members (excludes halogenated alkanes) is 33. The van der Waals surface area contributed by atoms with Gasteiger partial charge in [0.2, 0.25) is 0 Å². The molecule has 0 bridgehead atoms. The minimum Gasteiger partial charge on any atom is -0.462 e. The summed E-state index contributed by atoms with van der Waals surface area (Å²) in [5.74, 6) is 0.919. The van der Waals surface area contributed by atoms with E-state index >= 15 is 0 Å². The molecule has 0 aliphatic carbocycles. The molecule has 7 atom stereocenters. The van der Waals surface area contributed by atoms with E-state index in [2.05, 4.69) is 55.4 Å². The predicted molar refractivity (Wildman–Crippen MR) is 367 cm³/mol. The van der Waals surface area contributed by atoms with E-state index in [1.54, 1.807) is 0 Å². The maximum Gasteiger partial charge on any atom is 0.472 e. The number of rotatable bonds is 69. The van der Waals surface area contributed by atoms with Crippen molar-refractivity contribution in [3.63, 3.8) is 0 Å². The van der Waals surface area contributed by atoms with Crippen molar-refractivity contribution < 1.29 is 80.2 Å². The van der Waals surface area contributed by atoms with Crippen LogP contribution in [0.5, 0.6) is 0 Å². The summed E-state index contributed by atoms with van der Waals surface area (Å²) in [5, 5.41) is 10.6. The zero-order valence-corrected chi connectivity index (χ0v) is 61.3. The Labute approximate surface area is 556 Å². The molecule has 91 heavy (non-hydrogen) atoms. The molecule has 19 heteroatoms. The third-order valence-corrected chi connectivity index (χ3v) is 19.2. The van der Waals surface area contributed by atoms with Crippen LogP contribution in [0.1, 0.15) is 357 Å². The fourth-order valence-electron chi connectivity index (χ4n) is 10.8. The Bertz CT molecular complexity index is 1800. The topological polar surface area (TPSA) is 237 Å². The van der Waals surface area contributed by atoms with Gasteiger partial charge in [-0.2, -0.15) is 0 Å². The fourth-order valence-corrected chi connectivity index (χ4v) is 12.4. The van der Waals surface area contributed by atoms with Crippen molar-refractivity contribution in [1.82, 2.24) is 0 Å². The van der Waals surface area contributed by atoms with Gasteiger partial charge in [-0.3, -0.25) is 37.3 Å². The van der Waals surface area contributed by atoms with Gasteiger partial charge in [-0.05, 0) is 49.4 Å². The summed E-state index contributed by atoms with van der Waals surface area (Å²) >= 11 is 0. The van der Waals surface area contributed by atoms with Crippen LogP contribution >= 0.6 is 15.6 Å². The van der Waals surface area contributed by atoms with Gasteiger partial charge in [0.25, 0.3) is 0 Å². The molecule has 0 heterocycles. The molecule has 4 unspecified atom stereocenters. The Kier molecular flexibility index (Phi) is 60.3. The second-order valence-electron chi connectivity index (χ2n) is 27.4. The van der Waals surface area contributed by atoms with Crippen molar-refractivity contribution in [3.05, 3.63) is 0 Å². The zero-order chi connectivity index (χ0) is 67.5. The van der Waals surface area contributed by atoms with E-state index in [0.717, 1.165) is 120 Å². The minimum atomic E-state index is -4.95. The molecule has 0 spiro atoms. The number of carbonyl (C=O) groups excluding carboxylic acids is 4. The van der Waals surface area contributed by atoms with Gasteiger partial charge in [-0.15, -0.1) is 0 Å². The zero-order valence-electron chi connectivity index (χ0n) is 59.5. The first-order valence-corrected chi connectivity index (χ1v) is 40.3. The summed E-state index contributed by atoms with van der Waals surface area (Å²) in [4.78, 5) is 72.6. The van der Waals surface area contributed by atoms with Gasteiger partial charge < -0.3 is 33.8 Å². The maximum absolute atomic E-state index is 13.0. The molecule has 17 nitrogen and oxygen atoms in total. The van der Waals surface area contributed by atoms with Gasteiger partial charge in [0.1, 0.15) is 19.3 Å². The first kappa shape index (κ1) is 89.1. The molecule has 0 saturated carbocycles. The first-order chi connectivity index (χ1) is 43.7. The quantitative estimate of drug-likeness (QED) is 0.0222. The summed E-state index contributed by atoms with van der Waals surface area (Å²) in [7, 11) is -9.91. The summed E-state index contributed by atoms with van der Waals surface area (Å²) in [6, 6.07) is 0. The van der Waals surface area contributed by atoms with Crippen molar-refractivity contribution in [2.45, 2.75) is 375 Å². The number of phosphoric ester groups is 2. The van der Waals surface area contributed by atoms with Crippen molar-refractivity contribution in [2.24, 2.45) is 23.7 Å². The predicted octanol–water partition coefficient (Wildman–Crippen LogP) is 20.5. The molecule has 0 amide bonds. The minimum absolute atomic E-state index is 0.104. The fraction of sp³-hybridized carbons (Fsp3) is 0.944. The van der Waals surface area contributed by atoms with E-state index in [-0.39, 0.29) is 25.7 Å². The average molecular weight is 1340 g/mol. The van der Waals surface area contributed by atoms with E-state index in [9.17, 15) is 43.2 Å². The van der Waals surface area contributed by atoms with Crippen LogP contribution in [0, 0.1) is 23.7 Å². The Morgan fingerprint density at radius 2 is 0.527 bits per heavy atom. The molecular formula is C72H140O17P2. The number of ether oxygens (including phenoxy) is 4. The molecule has 540 valence electrons. The number of hydrogen-bond acceptors (Lipinski definition) is 15. The highest BCUT2D eigenvalue weighted by Gasteiger charge is 2.30. The number of esters is 4. The van der Waals surface area contributed by atoms with Crippen molar-refractivity contribution >= 4 is 39.5 Å². The lowest BCUT2D eigenvalue weighted by molar-refractivity contribution is -0.161. The molecule has 0 aliphatic heterocycles. The van der Waals surface area contributed by atoms with Gasteiger partial charge in [0, 0.05) is 25.7 Å². The Morgan fingerprint density at radius 3 is 0.780 bits per heavy atom. The van der Waals surface area contributed by atoms with Gasteiger partial charge in [0.15, 0.2) is 12.2 Å². The molecule has 3 N–H and O–H groups in total. The van der Waals surface area contributed by atoms with E-state index < -0.39 is 97.5 Å². The van der Waals surface area contributed by atoms with Crippen LogP contribution in [0.2, 0.25) is 0 Å².